The normalized spacial score (nSPS) is 18.3. The highest BCUT2D eigenvalue weighted by Crippen LogP contribution is 2.38. The molecule has 1 aliphatic rings. The van der Waals surface area contributed by atoms with Crippen LogP contribution in [0.4, 0.5) is 0 Å². The molecule has 1 aromatic rings. The van der Waals surface area contributed by atoms with Crippen molar-refractivity contribution in [2.45, 2.75) is 42.5 Å². The predicted octanol–water partition coefficient (Wildman–Crippen LogP) is 3.34. The highest BCUT2D eigenvalue weighted by Gasteiger charge is 2.40. The lowest BCUT2D eigenvalue weighted by molar-refractivity contribution is -0.138. The summed E-state index contributed by atoms with van der Waals surface area (Å²) in [5.41, 5.74) is -0.863. The molecule has 9 heteroatoms. The number of halogens is 2. The van der Waals surface area contributed by atoms with Gasteiger partial charge in [0, 0.05) is 5.54 Å². The zero-order valence-corrected chi connectivity index (χ0v) is 15.2. The van der Waals surface area contributed by atoms with E-state index in [1.807, 2.05) is 0 Å². The molecule has 0 unspecified atom stereocenters. The maximum absolute atomic E-state index is 12.5. The number of aliphatic carboxylic acids is 1. The summed E-state index contributed by atoms with van der Waals surface area (Å²) in [6.07, 6.45) is 2.60. The fourth-order valence-electron chi connectivity index (χ4n) is 2.50. The van der Waals surface area contributed by atoms with Crippen molar-refractivity contribution in [2.24, 2.45) is 0 Å². The Morgan fingerprint density at radius 1 is 1.40 bits per heavy atom. The highest BCUT2D eigenvalue weighted by atomic mass is 79.9. The van der Waals surface area contributed by atoms with Crippen molar-refractivity contribution in [1.82, 2.24) is 4.72 Å². The Bertz CT molecular complexity index is 620. The summed E-state index contributed by atoms with van der Waals surface area (Å²) < 4.78 is 28.7. The minimum absolute atomic E-state index is 0.144. The molecule has 0 spiro atoms. The van der Waals surface area contributed by atoms with Crippen LogP contribution in [0.2, 0.25) is 0 Å². The van der Waals surface area contributed by atoms with Gasteiger partial charge in [-0.25, -0.2) is 13.1 Å². The molecule has 20 heavy (non-hydrogen) atoms. The molecular formula is C11H13Br2NO4S2. The highest BCUT2D eigenvalue weighted by molar-refractivity contribution is 9.12. The van der Waals surface area contributed by atoms with E-state index in [2.05, 4.69) is 36.6 Å². The van der Waals surface area contributed by atoms with Crippen molar-refractivity contribution in [1.29, 1.82) is 0 Å². The third kappa shape index (κ3) is 3.62. The van der Waals surface area contributed by atoms with Crippen molar-refractivity contribution in [3.05, 3.63) is 13.6 Å². The number of nitrogens with one attached hydrogen (secondary N) is 1. The van der Waals surface area contributed by atoms with E-state index < -0.39 is 21.5 Å². The van der Waals surface area contributed by atoms with Gasteiger partial charge in [0.05, 0.1) is 14.0 Å². The van der Waals surface area contributed by atoms with Crippen LogP contribution in [0.15, 0.2) is 18.5 Å². The minimum atomic E-state index is -3.74. The number of hydrogen-bond acceptors (Lipinski definition) is 4. The summed E-state index contributed by atoms with van der Waals surface area (Å²) >= 11 is 7.73. The smallest absolute Gasteiger partial charge is 0.305 e. The van der Waals surface area contributed by atoms with Crippen molar-refractivity contribution < 1.29 is 18.3 Å². The van der Waals surface area contributed by atoms with Gasteiger partial charge in [-0.15, -0.1) is 11.3 Å². The van der Waals surface area contributed by atoms with Crippen molar-refractivity contribution in [3.8, 4) is 0 Å². The Morgan fingerprint density at radius 3 is 2.45 bits per heavy atom. The van der Waals surface area contributed by atoms with Crippen molar-refractivity contribution in [3.63, 3.8) is 0 Å². The van der Waals surface area contributed by atoms with E-state index in [9.17, 15) is 13.2 Å². The second-order valence-corrected chi connectivity index (χ2v) is 10.3. The summed E-state index contributed by atoms with van der Waals surface area (Å²) in [4.78, 5) is 11.1. The average molecular weight is 447 g/mol. The standard InChI is InChI=1S/C11H13Br2NO4S2/c12-8-5-7(10(13)19-8)20(17,18)14-11(6-9(15)16)3-1-2-4-11/h5,14H,1-4,6H2,(H,15,16). The molecule has 2 rings (SSSR count). The molecule has 1 heterocycles. The molecule has 0 atom stereocenters. The number of carbonyl (C=O) groups is 1. The molecular weight excluding hydrogens is 434 g/mol. The van der Waals surface area contributed by atoms with Gasteiger partial charge in [-0.05, 0) is 50.8 Å². The van der Waals surface area contributed by atoms with Gasteiger partial charge in [0.2, 0.25) is 10.0 Å². The number of sulfonamides is 1. The first-order chi connectivity index (χ1) is 9.24. The van der Waals surface area contributed by atoms with Gasteiger partial charge < -0.3 is 5.11 Å². The van der Waals surface area contributed by atoms with E-state index in [0.717, 1.165) is 12.8 Å². The third-order valence-corrected chi connectivity index (χ3v) is 7.65. The maximum atomic E-state index is 12.5. The molecule has 1 aliphatic carbocycles. The first kappa shape index (κ1) is 16.4. The first-order valence-corrected chi connectivity index (χ1v) is 9.83. The van der Waals surface area contributed by atoms with E-state index in [4.69, 9.17) is 5.11 Å². The maximum Gasteiger partial charge on any atom is 0.305 e. The molecule has 2 N–H and O–H groups in total. The van der Waals surface area contributed by atoms with E-state index in [0.29, 0.717) is 20.4 Å². The van der Waals surface area contributed by atoms with E-state index in [1.54, 1.807) is 0 Å². The van der Waals surface area contributed by atoms with Crippen LogP contribution in [-0.4, -0.2) is 25.0 Å². The molecule has 1 saturated carbocycles. The molecule has 0 radical (unpaired) electrons. The van der Waals surface area contributed by atoms with Gasteiger partial charge in [-0.3, -0.25) is 4.79 Å². The Morgan fingerprint density at radius 2 is 2.00 bits per heavy atom. The molecule has 0 bridgehead atoms. The summed E-state index contributed by atoms with van der Waals surface area (Å²) in [6, 6.07) is 1.51. The molecule has 1 aromatic heterocycles. The number of rotatable bonds is 5. The number of hydrogen-bond donors (Lipinski definition) is 2. The fraction of sp³-hybridized carbons (Fsp3) is 0.545. The lowest BCUT2D eigenvalue weighted by Crippen LogP contribution is -2.47. The molecule has 0 saturated heterocycles. The van der Waals surface area contributed by atoms with Gasteiger partial charge in [-0.1, -0.05) is 12.8 Å². The molecule has 0 amide bonds. The van der Waals surface area contributed by atoms with Crippen LogP contribution >= 0.6 is 43.2 Å². The van der Waals surface area contributed by atoms with Crippen molar-refractivity contribution in [2.75, 3.05) is 0 Å². The second kappa shape index (κ2) is 6.04. The molecule has 112 valence electrons. The predicted molar refractivity (Wildman–Crippen MR) is 83.5 cm³/mol. The van der Waals surface area contributed by atoms with Crippen LogP contribution < -0.4 is 4.72 Å². The Hall–Kier alpha value is 0.0400. The monoisotopic (exact) mass is 445 g/mol. The molecule has 0 aliphatic heterocycles. The third-order valence-electron chi connectivity index (χ3n) is 3.32. The molecule has 1 fully saturated rings. The molecule has 0 aromatic carbocycles. The van der Waals surface area contributed by atoms with Gasteiger partial charge in [0.25, 0.3) is 0 Å². The van der Waals surface area contributed by atoms with Crippen LogP contribution in [0.5, 0.6) is 0 Å². The van der Waals surface area contributed by atoms with E-state index >= 15 is 0 Å². The number of carboxylic acid groups (broad SMARTS) is 1. The van der Waals surface area contributed by atoms with Gasteiger partial charge in [-0.2, -0.15) is 0 Å². The summed E-state index contributed by atoms with van der Waals surface area (Å²) in [7, 11) is -3.74. The quantitative estimate of drug-likeness (QED) is 0.726. The van der Waals surface area contributed by atoms with Crippen LogP contribution in [0.1, 0.15) is 32.1 Å². The topological polar surface area (TPSA) is 83.5 Å². The van der Waals surface area contributed by atoms with Crippen LogP contribution in [0.25, 0.3) is 0 Å². The Balaban J connectivity index is 2.30. The van der Waals surface area contributed by atoms with E-state index in [1.165, 1.54) is 17.4 Å². The largest absolute Gasteiger partial charge is 0.481 e. The lowest BCUT2D eigenvalue weighted by atomic mass is 9.95. The van der Waals surface area contributed by atoms with E-state index in [-0.39, 0.29) is 11.3 Å². The fourth-order valence-corrected chi connectivity index (χ4v) is 7.78. The van der Waals surface area contributed by atoms with Crippen molar-refractivity contribution >= 4 is 59.2 Å². The van der Waals surface area contributed by atoms with Gasteiger partial charge in [0.15, 0.2) is 0 Å². The number of thiophene rings is 1. The van der Waals surface area contributed by atoms with Gasteiger partial charge >= 0.3 is 5.97 Å². The summed E-state index contributed by atoms with van der Waals surface area (Å²) in [6.45, 7) is 0. The van der Waals surface area contributed by atoms with Gasteiger partial charge in [0.1, 0.15) is 4.90 Å². The van der Waals surface area contributed by atoms with Crippen LogP contribution in [-0.2, 0) is 14.8 Å². The minimum Gasteiger partial charge on any atom is -0.481 e. The number of carboxylic acids is 1. The second-order valence-electron chi connectivity index (χ2n) is 4.85. The zero-order valence-electron chi connectivity index (χ0n) is 10.4. The zero-order chi connectivity index (χ0) is 15.0. The summed E-state index contributed by atoms with van der Waals surface area (Å²) in [5, 5.41) is 9.02. The first-order valence-electron chi connectivity index (χ1n) is 5.95. The SMILES string of the molecule is O=C(O)CC1(NS(=O)(=O)c2cc(Br)sc2Br)CCCC1. The Kier molecular flexibility index (Phi) is 4.95. The average Bonchev–Trinajstić information content (AvgIpc) is 2.84. The Labute approximate surface area is 138 Å². The van der Waals surface area contributed by atoms with Crippen LogP contribution in [0.3, 0.4) is 0 Å². The lowest BCUT2D eigenvalue weighted by Gasteiger charge is -2.28. The summed E-state index contributed by atoms with van der Waals surface area (Å²) in [5.74, 6) is -0.986. The molecule has 5 nitrogen and oxygen atoms in total. The van der Waals surface area contributed by atoms with Crippen LogP contribution in [0, 0.1) is 0 Å².